The van der Waals surface area contributed by atoms with Gasteiger partial charge < -0.3 is 9.84 Å². The number of nitrogens with zero attached hydrogens (tertiary/aromatic N) is 2. The van der Waals surface area contributed by atoms with E-state index in [0.717, 1.165) is 38.2 Å². The molecular weight excluding hydrogens is 302 g/mol. The van der Waals surface area contributed by atoms with Crippen LogP contribution in [-0.4, -0.2) is 29.1 Å². The molecule has 128 valence electrons. The van der Waals surface area contributed by atoms with Crippen molar-refractivity contribution in [1.82, 2.24) is 15.4 Å². The number of benzene rings is 1. The third kappa shape index (κ3) is 4.03. The van der Waals surface area contributed by atoms with Crippen LogP contribution in [0.25, 0.3) is 0 Å². The van der Waals surface area contributed by atoms with Crippen LogP contribution < -0.4 is 5.32 Å². The minimum atomic E-state index is -0.303. The molecule has 24 heavy (non-hydrogen) atoms. The molecule has 1 aromatic carbocycles. The van der Waals surface area contributed by atoms with E-state index in [4.69, 9.17) is 4.52 Å². The Bertz CT molecular complexity index is 673. The topological polar surface area (TPSA) is 58.4 Å². The molecule has 0 aliphatic carbocycles. The molecule has 0 spiro atoms. The monoisotopic (exact) mass is 327 g/mol. The molecule has 1 fully saturated rings. The molecule has 1 aliphatic heterocycles. The van der Waals surface area contributed by atoms with E-state index in [0.29, 0.717) is 12.3 Å². The second-order valence-electron chi connectivity index (χ2n) is 6.94. The zero-order valence-electron chi connectivity index (χ0n) is 14.4. The Labute approximate surface area is 143 Å². The zero-order chi connectivity index (χ0) is 17.0. The molecular formula is C19H25N3O2. The molecule has 1 amide bonds. The van der Waals surface area contributed by atoms with Crippen LogP contribution >= 0.6 is 0 Å². The van der Waals surface area contributed by atoms with E-state index in [1.54, 1.807) is 0 Å². The highest BCUT2D eigenvalue weighted by Crippen LogP contribution is 2.31. The first-order valence-electron chi connectivity index (χ1n) is 8.52. The highest BCUT2D eigenvalue weighted by Gasteiger charge is 2.36. The molecule has 0 unspecified atom stereocenters. The van der Waals surface area contributed by atoms with E-state index in [-0.39, 0.29) is 11.3 Å². The Kier molecular flexibility index (Phi) is 5.00. The van der Waals surface area contributed by atoms with Crippen molar-refractivity contribution >= 4 is 5.91 Å². The van der Waals surface area contributed by atoms with Gasteiger partial charge in [0.05, 0.1) is 12.2 Å². The van der Waals surface area contributed by atoms with E-state index >= 15 is 0 Å². The maximum atomic E-state index is 12.6. The predicted molar refractivity (Wildman–Crippen MR) is 92.1 cm³/mol. The van der Waals surface area contributed by atoms with Crippen molar-refractivity contribution in [1.29, 1.82) is 0 Å². The number of rotatable bonds is 5. The summed E-state index contributed by atoms with van der Waals surface area (Å²) in [6.45, 7) is 7.19. The summed E-state index contributed by atoms with van der Waals surface area (Å²) in [5, 5.41) is 6.84. The highest BCUT2D eigenvalue weighted by molar-refractivity contribution is 5.82. The fourth-order valence-electron chi connectivity index (χ4n) is 3.15. The molecule has 0 bridgehead atoms. The number of amides is 1. The summed E-state index contributed by atoms with van der Waals surface area (Å²) in [6.07, 6.45) is 1.75. The lowest BCUT2D eigenvalue weighted by molar-refractivity contribution is -0.133. The molecule has 1 saturated heterocycles. The summed E-state index contributed by atoms with van der Waals surface area (Å²) in [7, 11) is 0. The Morgan fingerprint density at radius 3 is 2.62 bits per heavy atom. The van der Waals surface area contributed by atoms with Gasteiger partial charge in [0.15, 0.2) is 5.76 Å². The van der Waals surface area contributed by atoms with Crippen LogP contribution in [0.4, 0.5) is 0 Å². The number of hydrogen-bond acceptors (Lipinski definition) is 4. The average Bonchev–Trinajstić information content (AvgIpc) is 3.01. The van der Waals surface area contributed by atoms with Crippen LogP contribution in [0.15, 0.2) is 40.9 Å². The fourth-order valence-corrected chi connectivity index (χ4v) is 3.15. The van der Waals surface area contributed by atoms with Crippen molar-refractivity contribution < 1.29 is 9.32 Å². The summed E-state index contributed by atoms with van der Waals surface area (Å²) in [5.74, 6) is 0.807. The quantitative estimate of drug-likeness (QED) is 0.917. The van der Waals surface area contributed by atoms with Crippen molar-refractivity contribution in [2.45, 2.75) is 39.8 Å². The number of carbonyl (C=O) groups is 1. The van der Waals surface area contributed by atoms with E-state index in [9.17, 15) is 4.79 Å². The van der Waals surface area contributed by atoms with Gasteiger partial charge in [0.2, 0.25) is 5.91 Å². The van der Waals surface area contributed by atoms with Crippen LogP contribution in [0.1, 0.15) is 36.8 Å². The van der Waals surface area contributed by atoms with Gasteiger partial charge in [-0.1, -0.05) is 42.4 Å². The maximum Gasteiger partial charge on any atom is 0.226 e. The van der Waals surface area contributed by atoms with Crippen molar-refractivity contribution in [3.8, 4) is 0 Å². The lowest BCUT2D eigenvalue weighted by atomic mass is 9.79. The average molecular weight is 327 g/mol. The minimum absolute atomic E-state index is 0.107. The first-order chi connectivity index (χ1) is 11.5. The lowest BCUT2D eigenvalue weighted by Gasteiger charge is -2.38. The number of hydrogen-bond donors (Lipinski definition) is 1. The number of carbonyl (C=O) groups excluding carboxylic acids is 1. The van der Waals surface area contributed by atoms with Crippen LogP contribution in [0.5, 0.6) is 0 Å². The minimum Gasteiger partial charge on any atom is -0.359 e. The summed E-state index contributed by atoms with van der Waals surface area (Å²) in [5.41, 5.74) is 1.85. The summed E-state index contributed by atoms with van der Waals surface area (Å²) in [4.78, 5) is 15.0. The van der Waals surface area contributed by atoms with Crippen LogP contribution in [-0.2, 0) is 17.9 Å². The SMILES string of the molecule is Cc1cc(CNC(=O)C2(C)CCN(Cc3ccccc3)CC2)on1. The normalized spacial score (nSPS) is 17.6. The number of nitrogens with one attached hydrogen (secondary N) is 1. The molecule has 0 atom stereocenters. The molecule has 1 aliphatic rings. The van der Waals surface area contributed by atoms with Crippen molar-refractivity contribution in [2.24, 2.45) is 5.41 Å². The van der Waals surface area contributed by atoms with Gasteiger partial charge in [-0.3, -0.25) is 9.69 Å². The standard InChI is InChI=1S/C19H25N3O2/c1-15-12-17(24-21-15)13-20-18(23)19(2)8-10-22(11-9-19)14-16-6-4-3-5-7-16/h3-7,12H,8-11,13-14H2,1-2H3,(H,20,23). The molecule has 0 radical (unpaired) electrons. The van der Waals surface area contributed by atoms with Crippen molar-refractivity contribution in [3.05, 3.63) is 53.4 Å². The summed E-state index contributed by atoms with van der Waals surface area (Å²) in [6, 6.07) is 12.3. The molecule has 3 rings (SSSR count). The number of piperidine rings is 1. The third-order valence-corrected chi connectivity index (χ3v) is 4.86. The first-order valence-corrected chi connectivity index (χ1v) is 8.52. The zero-order valence-corrected chi connectivity index (χ0v) is 14.4. The number of aryl methyl sites for hydroxylation is 1. The van der Waals surface area contributed by atoms with Gasteiger partial charge in [-0.15, -0.1) is 0 Å². The van der Waals surface area contributed by atoms with Gasteiger partial charge in [-0.2, -0.15) is 0 Å². The van der Waals surface area contributed by atoms with E-state index in [2.05, 4.69) is 46.6 Å². The van der Waals surface area contributed by atoms with Crippen LogP contribution in [0.2, 0.25) is 0 Å². The smallest absolute Gasteiger partial charge is 0.226 e. The summed E-state index contributed by atoms with van der Waals surface area (Å²) >= 11 is 0. The second-order valence-corrected chi connectivity index (χ2v) is 6.94. The Morgan fingerprint density at radius 2 is 2.00 bits per heavy atom. The fraction of sp³-hybridized carbons (Fsp3) is 0.474. The lowest BCUT2D eigenvalue weighted by Crippen LogP contribution is -2.46. The highest BCUT2D eigenvalue weighted by atomic mass is 16.5. The molecule has 1 aromatic heterocycles. The molecule has 5 heteroatoms. The van der Waals surface area contributed by atoms with Gasteiger partial charge >= 0.3 is 0 Å². The van der Waals surface area contributed by atoms with Crippen LogP contribution in [0.3, 0.4) is 0 Å². The first kappa shape index (κ1) is 16.7. The Balaban J connectivity index is 1.49. The molecule has 1 N–H and O–H groups in total. The maximum absolute atomic E-state index is 12.6. The molecule has 2 aromatic rings. The third-order valence-electron chi connectivity index (χ3n) is 4.86. The number of aromatic nitrogens is 1. The van der Waals surface area contributed by atoms with Crippen LogP contribution in [0, 0.1) is 12.3 Å². The second kappa shape index (κ2) is 7.18. The van der Waals surface area contributed by atoms with Crippen molar-refractivity contribution in [3.63, 3.8) is 0 Å². The van der Waals surface area contributed by atoms with Crippen molar-refractivity contribution in [2.75, 3.05) is 13.1 Å². The van der Waals surface area contributed by atoms with E-state index in [1.165, 1.54) is 5.56 Å². The van der Waals surface area contributed by atoms with E-state index < -0.39 is 0 Å². The Hall–Kier alpha value is -2.14. The van der Waals surface area contributed by atoms with Gasteiger partial charge in [0.1, 0.15) is 0 Å². The number of likely N-dealkylation sites (tertiary alicyclic amines) is 1. The molecule has 5 nitrogen and oxygen atoms in total. The predicted octanol–water partition coefficient (Wildman–Crippen LogP) is 2.90. The molecule has 2 heterocycles. The van der Waals surface area contributed by atoms with E-state index in [1.807, 2.05) is 19.1 Å². The van der Waals surface area contributed by atoms with Gasteiger partial charge in [0, 0.05) is 18.0 Å². The van der Waals surface area contributed by atoms with Gasteiger partial charge in [-0.25, -0.2) is 0 Å². The largest absolute Gasteiger partial charge is 0.359 e. The van der Waals surface area contributed by atoms with Gasteiger partial charge in [0.25, 0.3) is 0 Å². The Morgan fingerprint density at radius 1 is 1.29 bits per heavy atom. The van der Waals surface area contributed by atoms with Gasteiger partial charge in [-0.05, 0) is 38.4 Å². The summed E-state index contributed by atoms with van der Waals surface area (Å²) < 4.78 is 5.15. The molecule has 0 saturated carbocycles.